The van der Waals surface area contributed by atoms with E-state index in [1.807, 2.05) is 63.2 Å². The largest absolute Gasteiger partial charge is 0.497 e. The molecule has 0 saturated carbocycles. The number of amides is 2. The molecule has 0 saturated heterocycles. The molecule has 16 nitrogen and oxygen atoms in total. The van der Waals surface area contributed by atoms with E-state index in [1.165, 1.54) is 21.2 Å². The molecule has 0 unspecified atom stereocenters. The molecule has 0 aliphatic carbocycles. The van der Waals surface area contributed by atoms with Gasteiger partial charge in [0.1, 0.15) is 29.7 Å². The number of hydrogen-bond acceptors (Lipinski definition) is 12. The lowest BCUT2D eigenvalue weighted by molar-refractivity contribution is 0.0179. The van der Waals surface area contributed by atoms with Gasteiger partial charge in [-0.1, -0.05) is 45.0 Å². The van der Waals surface area contributed by atoms with Crippen molar-refractivity contribution in [2.45, 2.75) is 32.6 Å². The summed E-state index contributed by atoms with van der Waals surface area (Å²) in [6.07, 6.45) is 2.01. The minimum Gasteiger partial charge on any atom is -0.497 e. The highest BCUT2D eigenvalue weighted by atomic mass is 32.2. The third-order valence-electron chi connectivity index (χ3n) is 8.99. The molecule has 322 valence electrons. The Morgan fingerprint density at radius 3 is 2.10 bits per heavy atom. The molecule has 60 heavy (non-hydrogen) atoms. The average molecular weight is 847 g/mol. The highest BCUT2D eigenvalue weighted by molar-refractivity contribution is 7.90. The first-order valence-corrected chi connectivity index (χ1v) is 20.6. The summed E-state index contributed by atoms with van der Waals surface area (Å²) in [5, 5.41) is 7.22. The summed E-state index contributed by atoms with van der Waals surface area (Å²) in [6.45, 7) is 8.70. The molecule has 17 heteroatoms. The summed E-state index contributed by atoms with van der Waals surface area (Å²) in [5.74, 6) is 2.77. The lowest BCUT2D eigenvalue weighted by Gasteiger charge is -2.25. The van der Waals surface area contributed by atoms with Crippen molar-refractivity contribution in [3.05, 3.63) is 95.9 Å². The maximum absolute atomic E-state index is 13.6. The first-order chi connectivity index (χ1) is 28.7. The number of benzene rings is 4. The fourth-order valence-electron chi connectivity index (χ4n) is 5.86. The summed E-state index contributed by atoms with van der Waals surface area (Å²) >= 11 is 0. The van der Waals surface area contributed by atoms with Crippen molar-refractivity contribution in [2.75, 3.05) is 90.4 Å². The van der Waals surface area contributed by atoms with Crippen molar-refractivity contribution in [3.8, 4) is 28.9 Å². The molecule has 0 atom stereocenters. The third-order valence-corrected chi connectivity index (χ3v) is 10.4. The Balaban J connectivity index is 1.29. The number of nitrogens with one attached hydrogen (secondary N) is 3. The van der Waals surface area contributed by atoms with Gasteiger partial charge < -0.3 is 43.8 Å². The molecule has 2 amide bonds. The van der Waals surface area contributed by atoms with Crippen molar-refractivity contribution < 1.29 is 46.4 Å². The number of ether oxygens (including phenoxy) is 7. The van der Waals surface area contributed by atoms with Crippen LogP contribution in [0.2, 0.25) is 0 Å². The molecule has 1 heterocycles. The quantitative estimate of drug-likeness (QED) is 0.0631. The van der Waals surface area contributed by atoms with Gasteiger partial charge in [-0.3, -0.25) is 4.72 Å². The van der Waals surface area contributed by atoms with Gasteiger partial charge in [0.05, 0.1) is 64.3 Å². The van der Waals surface area contributed by atoms with Crippen molar-refractivity contribution >= 4 is 44.1 Å². The van der Waals surface area contributed by atoms with E-state index < -0.39 is 21.7 Å². The van der Waals surface area contributed by atoms with Gasteiger partial charge in [0.2, 0.25) is 5.88 Å². The molecular weight excluding hydrogens is 793 g/mol. The molecule has 0 aliphatic heterocycles. The zero-order valence-electron chi connectivity index (χ0n) is 35.3. The molecule has 5 aromatic rings. The van der Waals surface area contributed by atoms with E-state index in [1.54, 1.807) is 50.7 Å². The predicted molar refractivity (Wildman–Crippen MR) is 231 cm³/mol. The van der Waals surface area contributed by atoms with Crippen LogP contribution in [0.4, 0.5) is 21.9 Å². The lowest BCUT2D eigenvalue weighted by atomic mass is 9.86. The zero-order valence-corrected chi connectivity index (χ0v) is 36.1. The molecule has 0 aliphatic rings. The van der Waals surface area contributed by atoms with Gasteiger partial charge in [-0.2, -0.15) is 17.7 Å². The van der Waals surface area contributed by atoms with E-state index in [0.717, 1.165) is 20.8 Å². The highest BCUT2D eigenvalue weighted by Crippen LogP contribution is 2.40. The highest BCUT2D eigenvalue weighted by Gasteiger charge is 2.24. The van der Waals surface area contributed by atoms with Crippen LogP contribution in [0, 0.1) is 0 Å². The number of urea groups is 1. The van der Waals surface area contributed by atoms with Gasteiger partial charge in [-0.25, -0.2) is 9.78 Å². The SMILES string of the molecule is COCCOCCOCCOc1cc(Cc2nccc(Oc3ccc(NC(=O)Nc4cc(C(C)(C)C)cc(NS(=O)(=O)N(C)C)c4OC)c4ccccc34)n2)cc(OC)c1. The van der Waals surface area contributed by atoms with Gasteiger partial charge in [-0.05, 0) is 52.9 Å². The standard InChI is InChI=1S/C43H54N6O10S/c1-43(2,3)30-26-36(41(55-8)37(27-30)48-60(51,52)49(4)5)46-42(50)45-35-13-14-38(34-12-10-9-11-33(34)35)59-40-15-16-44-39(47-40)25-29-23-31(54-7)28-32(24-29)58-22-21-57-20-19-56-18-17-53-6/h9-16,23-24,26-28,48H,17-22,25H2,1-8H3,(H2,45,46,50). The Morgan fingerprint density at radius 1 is 0.750 bits per heavy atom. The molecule has 4 aromatic carbocycles. The van der Waals surface area contributed by atoms with E-state index in [0.29, 0.717) is 86.1 Å². The maximum atomic E-state index is 13.6. The number of anilines is 3. The Bertz CT molecular complexity index is 2340. The van der Waals surface area contributed by atoms with Crippen LogP contribution in [0.25, 0.3) is 10.8 Å². The van der Waals surface area contributed by atoms with Crippen LogP contribution in [0.1, 0.15) is 37.7 Å². The molecule has 3 N–H and O–H groups in total. The van der Waals surface area contributed by atoms with E-state index >= 15 is 0 Å². The Morgan fingerprint density at radius 2 is 1.42 bits per heavy atom. The van der Waals surface area contributed by atoms with Crippen LogP contribution in [0.3, 0.4) is 0 Å². The number of hydrogen-bond donors (Lipinski definition) is 3. The van der Waals surface area contributed by atoms with Crippen LogP contribution < -0.4 is 34.3 Å². The lowest BCUT2D eigenvalue weighted by Crippen LogP contribution is -2.29. The van der Waals surface area contributed by atoms with E-state index in [2.05, 4.69) is 25.3 Å². The number of carbonyl (C=O) groups excluding carboxylic acids is 1. The number of carbonyl (C=O) groups is 1. The van der Waals surface area contributed by atoms with Crippen molar-refractivity contribution in [1.29, 1.82) is 0 Å². The second kappa shape index (κ2) is 21.0. The number of aromatic nitrogens is 2. The third kappa shape index (κ3) is 12.6. The molecule has 1 aromatic heterocycles. The number of methoxy groups -OCH3 is 3. The number of nitrogens with zero attached hydrogens (tertiary/aromatic N) is 3. The summed E-state index contributed by atoms with van der Waals surface area (Å²) in [4.78, 5) is 22.8. The molecule has 0 spiro atoms. The van der Waals surface area contributed by atoms with Gasteiger partial charge in [0.25, 0.3) is 0 Å². The summed E-state index contributed by atoms with van der Waals surface area (Å²) < 4.78 is 68.6. The van der Waals surface area contributed by atoms with Crippen molar-refractivity contribution in [2.24, 2.45) is 0 Å². The Labute approximate surface area is 351 Å². The second-order valence-electron chi connectivity index (χ2n) is 14.7. The summed E-state index contributed by atoms with van der Waals surface area (Å²) in [5.41, 5.74) is 2.23. The molecule has 0 fully saturated rings. The first-order valence-electron chi connectivity index (χ1n) is 19.2. The zero-order chi connectivity index (χ0) is 43.3. The fraction of sp³-hybridized carbons (Fsp3) is 0.372. The van der Waals surface area contributed by atoms with E-state index in [9.17, 15) is 13.2 Å². The monoisotopic (exact) mass is 846 g/mol. The van der Waals surface area contributed by atoms with E-state index in [4.69, 9.17) is 33.2 Å². The van der Waals surface area contributed by atoms with Crippen LogP contribution in [-0.4, -0.2) is 104 Å². The van der Waals surface area contributed by atoms with Crippen LogP contribution in [0.5, 0.6) is 28.9 Å². The van der Waals surface area contributed by atoms with Gasteiger partial charge in [0.15, 0.2) is 5.75 Å². The molecular formula is C43H54N6O10S. The van der Waals surface area contributed by atoms with E-state index in [-0.39, 0.29) is 17.1 Å². The van der Waals surface area contributed by atoms with Gasteiger partial charge in [0, 0.05) is 56.7 Å². The number of fused-ring (bicyclic) bond motifs is 1. The van der Waals surface area contributed by atoms with Crippen molar-refractivity contribution in [3.63, 3.8) is 0 Å². The fourth-order valence-corrected chi connectivity index (χ4v) is 6.47. The predicted octanol–water partition coefficient (Wildman–Crippen LogP) is 7.25. The second-order valence-corrected chi connectivity index (χ2v) is 16.5. The van der Waals surface area contributed by atoms with Crippen LogP contribution >= 0.6 is 0 Å². The Hall–Kier alpha value is -5.72. The molecule has 0 bridgehead atoms. The minimum atomic E-state index is -3.88. The number of rotatable bonds is 21. The van der Waals surface area contributed by atoms with Gasteiger partial charge >= 0.3 is 16.2 Å². The van der Waals surface area contributed by atoms with Crippen LogP contribution in [-0.2, 0) is 36.3 Å². The minimum absolute atomic E-state index is 0.152. The van der Waals surface area contributed by atoms with Crippen LogP contribution in [0.15, 0.2) is 79.0 Å². The molecule has 0 radical (unpaired) electrons. The average Bonchev–Trinajstić information content (AvgIpc) is 3.20. The van der Waals surface area contributed by atoms with Crippen molar-refractivity contribution in [1.82, 2.24) is 14.3 Å². The smallest absolute Gasteiger partial charge is 0.323 e. The summed E-state index contributed by atoms with van der Waals surface area (Å²) in [7, 11) is 3.58. The van der Waals surface area contributed by atoms with Gasteiger partial charge in [-0.15, -0.1) is 0 Å². The first kappa shape index (κ1) is 45.4. The molecule has 5 rings (SSSR count). The Kier molecular flexibility index (Phi) is 15.9. The topological polar surface area (TPSA) is 181 Å². The maximum Gasteiger partial charge on any atom is 0.323 e. The normalized spacial score (nSPS) is 11.7. The summed E-state index contributed by atoms with van der Waals surface area (Å²) in [6, 6.07) is 21.1.